The maximum Gasteiger partial charge on any atom is 0.337 e. The van der Waals surface area contributed by atoms with E-state index < -0.39 is 5.97 Å². The Bertz CT molecular complexity index is 739. The van der Waals surface area contributed by atoms with Crippen molar-refractivity contribution in [1.29, 1.82) is 0 Å². The zero-order valence-corrected chi connectivity index (χ0v) is 14.7. The Hall–Kier alpha value is -2.29. The van der Waals surface area contributed by atoms with E-state index in [1.54, 1.807) is 24.3 Å². The minimum Gasteiger partial charge on any atom is -0.465 e. The molecule has 1 amide bonds. The number of amides is 1. The van der Waals surface area contributed by atoms with Gasteiger partial charge in [0.25, 0.3) is 5.91 Å². The first-order chi connectivity index (χ1) is 12.2. The SMILES string of the molecule is COC(=O)c1ccc(C(=O)Nc2nc(CN3CCOCC3)cs2)cc1. The molecule has 1 aromatic heterocycles. The summed E-state index contributed by atoms with van der Waals surface area (Å²) in [5.41, 5.74) is 1.79. The van der Waals surface area contributed by atoms with Crippen molar-refractivity contribution >= 4 is 28.3 Å². The Morgan fingerprint density at radius 3 is 2.60 bits per heavy atom. The standard InChI is InChI=1S/C17H19N3O4S/c1-23-16(22)13-4-2-12(3-5-13)15(21)19-17-18-14(11-25-17)10-20-6-8-24-9-7-20/h2-5,11H,6-10H2,1H3,(H,18,19,21). The lowest BCUT2D eigenvalue weighted by atomic mass is 10.1. The van der Waals surface area contributed by atoms with E-state index in [0.717, 1.165) is 38.5 Å². The summed E-state index contributed by atoms with van der Waals surface area (Å²) in [6, 6.07) is 6.30. The molecule has 132 valence electrons. The first-order valence-corrected chi connectivity index (χ1v) is 8.78. The van der Waals surface area contributed by atoms with Gasteiger partial charge in [-0.05, 0) is 24.3 Å². The lowest BCUT2D eigenvalue weighted by Gasteiger charge is -2.25. The van der Waals surface area contributed by atoms with Gasteiger partial charge in [-0.1, -0.05) is 0 Å². The van der Waals surface area contributed by atoms with Gasteiger partial charge in [0.15, 0.2) is 5.13 Å². The molecule has 0 atom stereocenters. The minimum absolute atomic E-state index is 0.260. The topological polar surface area (TPSA) is 80.8 Å². The second-order valence-electron chi connectivity index (χ2n) is 5.56. The average Bonchev–Trinajstić information content (AvgIpc) is 3.08. The molecule has 0 bridgehead atoms. The molecule has 0 saturated carbocycles. The highest BCUT2D eigenvalue weighted by Gasteiger charge is 2.14. The molecule has 2 aromatic rings. The van der Waals surface area contributed by atoms with Gasteiger partial charge in [-0.15, -0.1) is 11.3 Å². The minimum atomic E-state index is -0.431. The predicted octanol–water partition coefficient (Wildman–Crippen LogP) is 2.01. The van der Waals surface area contributed by atoms with Gasteiger partial charge in [-0.3, -0.25) is 15.0 Å². The molecule has 1 aromatic carbocycles. The molecule has 25 heavy (non-hydrogen) atoms. The van der Waals surface area contributed by atoms with E-state index >= 15 is 0 Å². The van der Waals surface area contributed by atoms with Crippen molar-refractivity contribution in [2.75, 3.05) is 38.7 Å². The Labute approximate surface area is 149 Å². The third kappa shape index (κ3) is 4.62. The van der Waals surface area contributed by atoms with Crippen LogP contribution in [-0.4, -0.2) is 55.2 Å². The Kier molecular flexibility index (Phi) is 5.75. The number of ether oxygens (including phenoxy) is 2. The quantitative estimate of drug-likeness (QED) is 0.821. The third-order valence-corrected chi connectivity index (χ3v) is 4.64. The summed E-state index contributed by atoms with van der Waals surface area (Å²) in [5, 5.41) is 5.30. The van der Waals surface area contributed by atoms with Crippen LogP contribution in [0.15, 0.2) is 29.6 Å². The van der Waals surface area contributed by atoms with Crippen LogP contribution in [0.5, 0.6) is 0 Å². The van der Waals surface area contributed by atoms with Crippen molar-refractivity contribution in [3.63, 3.8) is 0 Å². The number of nitrogens with zero attached hydrogens (tertiary/aromatic N) is 2. The van der Waals surface area contributed by atoms with Crippen LogP contribution in [-0.2, 0) is 16.0 Å². The van der Waals surface area contributed by atoms with Crippen LogP contribution in [0.2, 0.25) is 0 Å². The van der Waals surface area contributed by atoms with Crippen LogP contribution in [0.4, 0.5) is 5.13 Å². The Balaban J connectivity index is 1.58. The molecule has 0 unspecified atom stereocenters. The normalized spacial score (nSPS) is 14.9. The number of rotatable bonds is 5. The number of anilines is 1. The second kappa shape index (κ2) is 8.19. The number of carbonyl (C=O) groups is 2. The number of aromatic nitrogens is 1. The number of methoxy groups -OCH3 is 1. The molecule has 8 heteroatoms. The number of thiazole rings is 1. The number of carbonyl (C=O) groups excluding carboxylic acids is 2. The van der Waals surface area contributed by atoms with Gasteiger partial charge >= 0.3 is 5.97 Å². The molecule has 1 saturated heterocycles. The fourth-order valence-corrected chi connectivity index (χ4v) is 3.17. The Morgan fingerprint density at radius 2 is 1.92 bits per heavy atom. The summed E-state index contributed by atoms with van der Waals surface area (Å²) in [7, 11) is 1.32. The maximum atomic E-state index is 12.3. The molecule has 2 heterocycles. The van der Waals surface area contributed by atoms with E-state index in [4.69, 9.17) is 4.74 Å². The van der Waals surface area contributed by atoms with Crippen LogP contribution in [0.25, 0.3) is 0 Å². The predicted molar refractivity (Wildman–Crippen MR) is 93.9 cm³/mol. The van der Waals surface area contributed by atoms with Crippen molar-refractivity contribution in [3.8, 4) is 0 Å². The average molecular weight is 361 g/mol. The zero-order chi connectivity index (χ0) is 17.6. The lowest BCUT2D eigenvalue weighted by Crippen LogP contribution is -2.35. The van der Waals surface area contributed by atoms with Crippen molar-refractivity contribution in [3.05, 3.63) is 46.5 Å². The number of hydrogen-bond donors (Lipinski definition) is 1. The summed E-state index contributed by atoms with van der Waals surface area (Å²) in [6.07, 6.45) is 0. The molecule has 0 aliphatic carbocycles. The van der Waals surface area contributed by atoms with Gasteiger partial charge < -0.3 is 9.47 Å². The van der Waals surface area contributed by atoms with Gasteiger partial charge in [0.05, 0.1) is 31.6 Å². The molecule has 0 spiro atoms. The van der Waals surface area contributed by atoms with E-state index in [-0.39, 0.29) is 5.91 Å². The summed E-state index contributed by atoms with van der Waals surface area (Å²) in [6.45, 7) is 4.03. The van der Waals surface area contributed by atoms with E-state index in [9.17, 15) is 9.59 Å². The second-order valence-corrected chi connectivity index (χ2v) is 6.41. The summed E-state index contributed by atoms with van der Waals surface area (Å²) < 4.78 is 9.97. The summed E-state index contributed by atoms with van der Waals surface area (Å²) in [5.74, 6) is -0.691. The van der Waals surface area contributed by atoms with Crippen LogP contribution in [0.3, 0.4) is 0 Å². The fraction of sp³-hybridized carbons (Fsp3) is 0.353. The van der Waals surface area contributed by atoms with E-state index in [2.05, 4.69) is 19.9 Å². The number of esters is 1. The number of benzene rings is 1. The lowest BCUT2D eigenvalue weighted by molar-refractivity contribution is 0.0337. The van der Waals surface area contributed by atoms with E-state index in [0.29, 0.717) is 16.3 Å². The highest BCUT2D eigenvalue weighted by Crippen LogP contribution is 2.18. The number of morpholine rings is 1. The molecule has 1 fully saturated rings. The van der Waals surface area contributed by atoms with Crippen LogP contribution in [0.1, 0.15) is 26.4 Å². The highest BCUT2D eigenvalue weighted by atomic mass is 32.1. The molecule has 7 nitrogen and oxygen atoms in total. The molecule has 1 aliphatic heterocycles. The molecule has 1 aliphatic rings. The molecule has 0 radical (unpaired) electrons. The third-order valence-electron chi connectivity index (χ3n) is 3.83. The molecular weight excluding hydrogens is 342 g/mol. The van der Waals surface area contributed by atoms with Gasteiger partial charge in [0.2, 0.25) is 0 Å². The smallest absolute Gasteiger partial charge is 0.337 e. The van der Waals surface area contributed by atoms with Crippen LogP contribution < -0.4 is 5.32 Å². The largest absolute Gasteiger partial charge is 0.465 e. The number of hydrogen-bond acceptors (Lipinski definition) is 7. The van der Waals surface area contributed by atoms with Gasteiger partial charge in [-0.25, -0.2) is 9.78 Å². The summed E-state index contributed by atoms with van der Waals surface area (Å²) >= 11 is 1.40. The van der Waals surface area contributed by atoms with E-state index in [1.807, 2.05) is 5.38 Å². The fourth-order valence-electron chi connectivity index (χ4n) is 2.47. The molecule has 3 rings (SSSR count). The van der Waals surface area contributed by atoms with Crippen molar-refractivity contribution in [1.82, 2.24) is 9.88 Å². The maximum absolute atomic E-state index is 12.3. The Morgan fingerprint density at radius 1 is 1.24 bits per heavy atom. The van der Waals surface area contributed by atoms with Crippen molar-refractivity contribution in [2.45, 2.75) is 6.54 Å². The first kappa shape index (κ1) is 17.5. The van der Waals surface area contributed by atoms with Gasteiger partial charge in [0, 0.05) is 30.6 Å². The summed E-state index contributed by atoms with van der Waals surface area (Å²) in [4.78, 5) is 30.4. The number of nitrogens with one attached hydrogen (secondary N) is 1. The van der Waals surface area contributed by atoms with Crippen molar-refractivity contribution in [2.24, 2.45) is 0 Å². The monoisotopic (exact) mass is 361 g/mol. The molecular formula is C17H19N3O4S. The van der Waals surface area contributed by atoms with E-state index in [1.165, 1.54) is 18.4 Å². The first-order valence-electron chi connectivity index (χ1n) is 7.90. The van der Waals surface area contributed by atoms with Gasteiger partial charge in [0.1, 0.15) is 0 Å². The van der Waals surface area contributed by atoms with Crippen LogP contribution in [0, 0.1) is 0 Å². The molecule has 1 N–H and O–H groups in total. The van der Waals surface area contributed by atoms with Gasteiger partial charge in [-0.2, -0.15) is 0 Å². The van der Waals surface area contributed by atoms with Crippen molar-refractivity contribution < 1.29 is 19.1 Å². The van der Waals surface area contributed by atoms with Crippen LogP contribution >= 0.6 is 11.3 Å². The zero-order valence-electron chi connectivity index (χ0n) is 13.9. The highest BCUT2D eigenvalue weighted by molar-refractivity contribution is 7.13.